The van der Waals surface area contributed by atoms with Gasteiger partial charge in [-0.25, -0.2) is 13.4 Å². The maximum Gasteiger partial charge on any atom is 0.192 e. The molecule has 1 aromatic heterocycles. The SMILES string of the molecule is Cc1nc2cc(S(=O)(=O)CCC#N)ccc2o1. The second-order valence-electron chi connectivity index (χ2n) is 3.59. The zero-order chi connectivity index (χ0) is 12.5. The van der Waals surface area contributed by atoms with Gasteiger partial charge in [-0.2, -0.15) is 5.26 Å². The van der Waals surface area contributed by atoms with Crippen LogP contribution in [0.25, 0.3) is 11.1 Å². The minimum Gasteiger partial charge on any atom is -0.441 e. The van der Waals surface area contributed by atoms with Gasteiger partial charge in [0.25, 0.3) is 0 Å². The van der Waals surface area contributed by atoms with E-state index in [1.807, 2.05) is 6.07 Å². The topological polar surface area (TPSA) is 84.0 Å². The first-order valence-corrected chi connectivity index (χ1v) is 6.65. The lowest BCUT2D eigenvalue weighted by Gasteiger charge is -2.00. The smallest absolute Gasteiger partial charge is 0.192 e. The van der Waals surface area contributed by atoms with E-state index >= 15 is 0 Å². The van der Waals surface area contributed by atoms with Gasteiger partial charge in [-0.1, -0.05) is 0 Å². The number of rotatable bonds is 3. The molecule has 2 rings (SSSR count). The summed E-state index contributed by atoms with van der Waals surface area (Å²) in [7, 11) is -3.41. The Labute approximate surface area is 98.6 Å². The van der Waals surface area contributed by atoms with Crippen LogP contribution in [0.15, 0.2) is 27.5 Å². The summed E-state index contributed by atoms with van der Waals surface area (Å²) in [6.07, 6.45) is -0.0157. The number of hydrogen-bond acceptors (Lipinski definition) is 5. The first-order valence-electron chi connectivity index (χ1n) is 5.00. The molecular formula is C11H10N2O3S. The molecule has 0 N–H and O–H groups in total. The van der Waals surface area contributed by atoms with E-state index in [2.05, 4.69) is 4.98 Å². The van der Waals surface area contributed by atoms with Crippen molar-refractivity contribution in [1.82, 2.24) is 4.98 Å². The van der Waals surface area contributed by atoms with Gasteiger partial charge in [-0.05, 0) is 18.2 Å². The number of hydrogen-bond donors (Lipinski definition) is 0. The second-order valence-corrected chi connectivity index (χ2v) is 5.70. The van der Waals surface area contributed by atoms with Crippen LogP contribution in [0, 0.1) is 18.3 Å². The fourth-order valence-corrected chi connectivity index (χ4v) is 2.68. The van der Waals surface area contributed by atoms with Crippen LogP contribution < -0.4 is 0 Å². The van der Waals surface area contributed by atoms with Gasteiger partial charge in [0.15, 0.2) is 21.3 Å². The third kappa shape index (κ3) is 2.29. The fraction of sp³-hybridized carbons (Fsp3) is 0.273. The highest BCUT2D eigenvalue weighted by Gasteiger charge is 2.15. The molecule has 0 saturated carbocycles. The summed E-state index contributed by atoms with van der Waals surface area (Å²) in [6, 6.07) is 6.34. The first-order chi connectivity index (χ1) is 8.03. The Balaban J connectivity index is 2.46. The van der Waals surface area contributed by atoms with E-state index < -0.39 is 9.84 Å². The Morgan fingerprint density at radius 2 is 2.24 bits per heavy atom. The van der Waals surface area contributed by atoms with Crippen molar-refractivity contribution in [3.8, 4) is 6.07 Å². The number of nitrogens with zero attached hydrogens (tertiary/aromatic N) is 2. The largest absolute Gasteiger partial charge is 0.441 e. The molecule has 0 saturated heterocycles. The third-order valence-electron chi connectivity index (χ3n) is 2.31. The third-order valence-corrected chi connectivity index (χ3v) is 4.02. The van der Waals surface area contributed by atoms with E-state index in [0.29, 0.717) is 17.0 Å². The van der Waals surface area contributed by atoms with E-state index in [0.717, 1.165) is 0 Å². The van der Waals surface area contributed by atoms with Crippen LogP contribution in [-0.4, -0.2) is 19.2 Å². The lowest BCUT2D eigenvalue weighted by atomic mass is 10.3. The highest BCUT2D eigenvalue weighted by molar-refractivity contribution is 7.91. The van der Waals surface area contributed by atoms with Crippen LogP contribution >= 0.6 is 0 Å². The van der Waals surface area contributed by atoms with Crippen molar-refractivity contribution in [3.05, 3.63) is 24.1 Å². The highest BCUT2D eigenvalue weighted by atomic mass is 32.2. The van der Waals surface area contributed by atoms with Crippen LogP contribution in [0.1, 0.15) is 12.3 Å². The molecule has 1 heterocycles. The van der Waals surface area contributed by atoms with Crippen LogP contribution in [0.2, 0.25) is 0 Å². The molecule has 88 valence electrons. The normalized spacial score (nSPS) is 11.5. The van der Waals surface area contributed by atoms with E-state index in [9.17, 15) is 8.42 Å². The molecule has 0 radical (unpaired) electrons. The molecular weight excluding hydrogens is 240 g/mol. The van der Waals surface area contributed by atoms with E-state index in [1.54, 1.807) is 13.0 Å². The molecule has 17 heavy (non-hydrogen) atoms. The number of sulfone groups is 1. The van der Waals surface area contributed by atoms with Gasteiger partial charge in [0.1, 0.15) is 5.52 Å². The number of benzene rings is 1. The average molecular weight is 250 g/mol. The number of aryl methyl sites for hydroxylation is 1. The van der Waals surface area contributed by atoms with Crippen LogP contribution in [0.4, 0.5) is 0 Å². The van der Waals surface area contributed by atoms with Gasteiger partial charge < -0.3 is 4.42 Å². The number of aromatic nitrogens is 1. The Kier molecular flexibility index (Phi) is 2.86. The molecule has 0 atom stereocenters. The first kappa shape index (κ1) is 11.6. The zero-order valence-electron chi connectivity index (χ0n) is 9.17. The van der Waals surface area contributed by atoms with Crippen LogP contribution in [-0.2, 0) is 9.84 Å². The number of oxazole rings is 1. The molecule has 6 heteroatoms. The van der Waals surface area contributed by atoms with Crippen molar-refractivity contribution in [3.63, 3.8) is 0 Å². The summed E-state index contributed by atoms with van der Waals surface area (Å²) in [5, 5.41) is 8.41. The van der Waals surface area contributed by atoms with Crippen molar-refractivity contribution in [1.29, 1.82) is 5.26 Å². The molecule has 0 aliphatic heterocycles. The van der Waals surface area contributed by atoms with E-state index in [1.165, 1.54) is 12.1 Å². The van der Waals surface area contributed by atoms with Gasteiger partial charge in [-0.15, -0.1) is 0 Å². The van der Waals surface area contributed by atoms with E-state index in [4.69, 9.17) is 9.68 Å². The molecule has 5 nitrogen and oxygen atoms in total. The molecule has 0 bridgehead atoms. The zero-order valence-corrected chi connectivity index (χ0v) is 9.99. The summed E-state index contributed by atoms with van der Waals surface area (Å²) >= 11 is 0. The Bertz CT molecular complexity index is 695. The van der Waals surface area contributed by atoms with Gasteiger partial charge >= 0.3 is 0 Å². The molecule has 0 fully saturated rings. The van der Waals surface area contributed by atoms with Crippen molar-refractivity contribution in [2.45, 2.75) is 18.2 Å². The summed E-state index contributed by atoms with van der Waals surface area (Å²) in [5.74, 6) is 0.317. The molecule has 0 unspecified atom stereocenters. The van der Waals surface area contributed by atoms with Crippen molar-refractivity contribution in [2.24, 2.45) is 0 Å². The number of fused-ring (bicyclic) bond motifs is 1. The van der Waals surface area contributed by atoms with Gasteiger partial charge in [0.2, 0.25) is 0 Å². The Hall–Kier alpha value is -1.87. The minimum atomic E-state index is -3.41. The monoisotopic (exact) mass is 250 g/mol. The van der Waals surface area contributed by atoms with Crippen LogP contribution in [0.3, 0.4) is 0 Å². The standard InChI is InChI=1S/C11H10N2O3S/c1-8-13-10-7-9(3-4-11(10)16-8)17(14,15)6-2-5-12/h3-4,7H,2,6H2,1H3. The van der Waals surface area contributed by atoms with Gasteiger partial charge in [-0.3, -0.25) is 0 Å². The maximum atomic E-state index is 11.8. The van der Waals surface area contributed by atoms with Crippen molar-refractivity contribution in [2.75, 3.05) is 5.75 Å². The lowest BCUT2D eigenvalue weighted by Crippen LogP contribution is -2.05. The molecule has 0 spiro atoms. The number of nitriles is 1. The summed E-state index contributed by atoms with van der Waals surface area (Å²) in [6.45, 7) is 1.70. The Morgan fingerprint density at radius 3 is 2.94 bits per heavy atom. The molecule has 0 amide bonds. The molecule has 2 aromatic rings. The molecule has 0 aliphatic carbocycles. The average Bonchev–Trinajstić information content (AvgIpc) is 2.65. The molecule has 0 aliphatic rings. The van der Waals surface area contributed by atoms with Crippen molar-refractivity contribution >= 4 is 20.9 Å². The van der Waals surface area contributed by atoms with Gasteiger partial charge in [0.05, 0.1) is 16.7 Å². The lowest BCUT2D eigenvalue weighted by molar-refractivity contribution is 0.561. The fourth-order valence-electron chi connectivity index (χ4n) is 1.51. The highest BCUT2D eigenvalue weighted by Crippen LogP contribution is 2.20. The quantitative estimate of drug-likeness (QED) is 0.829. The minimum absolute atomic E-state index is 0.0157. The summed E-state index contributed by atoms with van der Waals surface area (Å²) in [5.41, 5.74) is 1.07. The summed E-state index contributed by atoms with van der Waals surface area (Å²) in [4.78, 5) is 4.25. The predicted octanol–water partition coefficient (Wildman–Crippen LogP) is 1.82. The van der Waals surface area contributed by atoms with Crippen molar-refractivity contribution < 1.29 is 12.8 Å². The molecule has 1 aromatic carbocycles. The van der Waals surface area contributed by atoms with Crippen LogP contribution in [0.5, 0.6) is 0 Å². The van der Waals surface area contributed by atoms with Gasteiger partial charge in [0, 0.05) is 13.3 Å². The van der Waals surface area contributed by atoms with E-state index in [-0.39, 0.29) is 17.1 Å². The predicted molar refractivity (Wildman–Crippen MR) is 61.0 cm³/mol. The maximum absolute atomic E-state index is 11.8. The Morgan fingerprint density at radius 1 is 1.47 bits per heavy atom. The summed E-state index contributed by atoms with van der Waals surface area (Å²) < 4.78 is 28.9. The second kappa shape index (κ2) is 4.18.